The first kappa shape index (κ1) is 23.2. The molecule has 1 amide bonds. The standard InChI is InChI=1S/C22H22ClN3O5S/c1-12-8-15(24-21(27)17-6-5-7-31-17)19(29-3)10-14(12)25-22(32)26-16-9-13(23)18(28-2)11-20(16)30-4/h5-11H,1-4H3,(H,24,27)(H2,25,26,32). The van der Waals surface area contributed by atoms with Gasteiger partial charge in [0.1, 0.15) is 17.2 Å². The summed E-state index contributed by atoms with van der Waals surface area (Å²) in [5, 5.41) is 9.68. The van der Waals surface area contributed by atoms with Crippen molar-refractivity contribution >= 4 is 51.9 Å². The lowest BCUT2D eigenvalue weighted by Gasteiger charge is -2.18. The summed E-state index contributed by atoms with van der Waals surface area (Å²) in [6.07, 6.45) is 1.43. The third kappa shape index (κ3) is 5.24. The number of amides is 1. The number of anilines is 3. The van der Waals surface area contributed by atoms with Gasteiger partial charge in [0.2, 0.25) is 0 Å². The molecule has 2 aromatic carbocycles. The predicted molar refractivity (Wildman–Crippen MR) is 129 cm³/mol. The monoisotopic (exact) mass is 475 g/mol. The van der Waals surface area contributed by atoms with E-state index >= 15 is 0 Å². The summed E-state index contributed by atoms with van der Waals surface area (Å²) >= 11 is 11.7. The lowest BCUT2D eigenvalue weighted by molar-refractivity contribution is 0.0996. The minimum atomic E-state index is -0.380. The molecule has 0 aliphatic heterocycles. The van der Waals surface area contributed by atoms with Gasteiger partial charge in [-0.1, -0.05) is 11.6 Å². The van der Waals surface area contributed by atoms with Gasteiger partial charge in [0.05, 0.1) is 44.0 Å². The predicted octanol–water partition coefficient (Wildman–Crippen LogP) is 5.33. The molecule has 0 saturated carbocycles. The van der Waals surface area contributed by atoms with Crippen LogP contribution in [0.2, 0.25) is 5.02 Å². The molecular weight excluding hydrogens is 454 g/mol. The molecule has 0 bridgehead atoms. The van der Waals surface area contributed by atoms with Gasteiger partial charge in [-0.3, -0.25) is 4.79 Å². The summed E-state index contributed by atoms with van der Waals surface area (Å²) < 4.78 is 21.2. The van der Waals surface area contributed by atoms with Crippen LogP contribution in [-0.4, -0.2) is 32.3 Å². The zero-order valence-electron chi connectivity index (χ0n) is 17.9. The van der Waals surface area contributed by atoms with Gasteiger partial charge < -0.3 is 34.6 Å². The number of hydrogen-bond donors (Lipinski definition) is 3. The van der Waals surface area contributed by atoms with E-state index in [-0.39, 0.29) is 11.7 Å². The summed E-state index contributed by atoms with van der Waals surface area (Å²) in [6, 6.07) is 10.1. The van der Waals surface area contributed by atoms with Crippen molar-refractivity contribution in [2.45, 2.75) is 6.92 Å². The Kier molecular flexibility index (Phi) is 7.45. The van der Waals surface area contributed by atoms with E-state index < -0.39 is 0 Å². The van der Waals surface area contributed by atoms with Crippen LogP contribution in [-0.2, 0) is 0 Å². The van der Waals surface area contributed by atoms with Gasteiger partial charge in [0.15, 0.2) is 10.9 Å². The fourth-order valence-electron chi connectivity index (χ4n) is 2.91. The molecule has 0 aliphatic carbocycles. The number of hydrogen-bond acceptors (Lipinski definition) is 6. The summed E-state index contributed by atoms with van der Waals surface area (Å²) in [7, 11) is 4.57. The zero-order chi connectivity index (χ0) is 23.3. The van der Waals surface area contributed by atoms with Crippen molar-refractivity contribution in [3.8, 4) is 17.2 Å². The maximum absolute atomic E-state index is 12.3. The van der Waals surface area contributed by atoms with Crippen LogP contribution in [0.25, 0.3) is 0 Å². The number of methoxy groups -OCH3 is 3. The van der Waals surface area contributed by atoms with Crippen LogP contribution in [0, 0.1) is 6.92 Å². The smallest absolute Gasteiger partial charge is 0.291 e. The maximum Gasteiger partial charge on any atom is 0.291 e. The molecule has 0 aliphatic rings. The molecule has 168 valence electrons. The average Bonchev–Trinajstić information content (AvgIpc) is 3.31. The molecule has 8 nitrogen and oxygen atoms in total. The fourth-order valence-corrected chi connectivity index (χ4v) is 3.38. The maximum atomic E-state index is 12.3. The van der Waals surface area contributed by atoms with Gasteiger partial charge in [-0.25, -0.2) is 0 Å². The highest BCUT2D eigenvalue weighted by molar-refractivity contribution is 7.80. The first-order valence-corrected chi connectivity index (χ1v) is 10.2. The van der Waals surface area contributed by atoms with Crippen molar-refractivity contribution in [1.29, 1.82) is 0 Å². The molecule has 0 unspecified atom stereocenters. The van der Waals surface area contributed by atoms with Crippen LogP contribution >= 0.6 is 23.8 Å². The Balaban J connectivity index is 1.78. The summed E-state index contributed by atoms with van der Waals surface area (Å²) in [4.78, 5) is 12.3. The summed E-state index contributed by atoms with van der Waals surface area (Å²) in [5.41, 5.74) is 2.58. The molecule has 0 spiro atoms. The Labute approximate surface area is 195 Å². The number of thiocarbonyl (C=S) groups is 1. The average molecular weight is 476 g/mol. The molecule has 0 fully saturated rings. The second-order valence-electron chi connectivity index (χ2n) is 6.57. The van der Waals surface area contributed by atoms with Crippen LogP contribution in [0.1, 0.15) is 16.1 Å². The van der Waals surface area contributed by atoms with Crippen LogP contribution in [0.15, 0.2) is 47.1 Å². The number of nitrogens with one attached hydrogen (secondary N) is 3. The van der Waals surface area contributed by atoms with Crippen LogP contribution in [0.3, 0.4) is 0 Å². The van der Waals surface area contributed by atoms with E-state index in [0.717, 1.165) is 5.56 Å². The molecular formula is C22H22ClN3O5S. The van der Waals surface area contributed by atoms with Gasteiger partial charge in [-0.15, -0.1) is 0 Å². The van der Waals surface area contributed by atoms with Crippen molar-refractivity contribution < 1.29 is 23.4 Å². The molecule has 10 heteroatoms. The zero-order valence-corrected chi connectivity index (χ0v) is 19.4. The second-order valence-corrected chi connectivity index (χ2v) is 7.38. The van der Waals surface area contributed by atoms with E-state index in [4.69, 9.17) is 42.4 Å². The van der Waals surface area contributed by atoms with Crippen LogP contribution < -0.4 is 30.2 Å². The van der Waals surface area contributed by atoms with Gasteiger partial charge in [0, 0.05) is 17.8 Å². The van der Waals surface area contributed by atoms with Gasteiger partial charge in [0.25, 0.3) is 5.91 Å². The molecule has 32 heavy (non-hydrogen) atoms. The van der Waals surface area contributed by atoms with E-state index in [0.29, 0.717) is 44.4 Å². The van der Waals surface area contributed by atoms with E-state index in [2.05, 4.69) is 16.0 Å². The number of benzene rings is 2. The third-order valence-corrected chi connectivity index (χ3v) is 5.01. The van der Waals surface area contributed by atoms with Gasteiger partial charge >= 0.3 is 0 Å². The highest BCUT2D eigenvalue weighted by Crippen LogP contribution is 2.36. The summed E-state index contributed by atoms with van der Waals surface area (Å²) in [6.45, 7) is 1.87. The van der Waals surface area contributed by atoms with E-state index in [1.165, 1.54) is 27.6 Å². The molecule has 3 rings (SSSR count). The minimum Gasteiger partial charge on any atom is -0.495 e. The van der Waals surface area contributed by atoms with Crippen molar-refractivity contribution in [2.75, 3.05) is 37.3 Å². The molecule has 1 aromatic heterocycles. The number of aryl methyl sites for hydroxylation is 1. The second kappa shape index (κ2) is 10.3. The Morgan fingerprint density at radius 2 is 1.53 bits per heavy atom. The molecule has 3 N–H and O–H groups in total. The van der Waals surface area contributed by atoms with E-state index in [1.807, 2.05) is 6.92 Å². The SMILES string of the molecule is COc1cc(OC)c(NC(=S)Nc2cc(OC)c(NC(=O)c3ccco3)cc2C)cc1Cl. The highest BCUT2D eigenvalue weighted by atomic mass is 35.5. The number of rotatable bonds is 7. The largest absolute Gasteiger partial charge is 0.495 e. The normalized spacial score (nSPS) is 10.3. The Bertz CT molecular complexity index is 1140. The molecule has 0 atom stereocenters. The lowest BCUT2D eigenvalue weighted by Crippen LogP contribution is -2.20. The topological polar surface area (TPSA) is 94.0 Å². The first-order chi connectivity index (χ1) is 15.4. The lowest BCUT2D eigenvalue weighted by atomic mass is 10.1. The molecule has 3 aromatic rings. The van der Waals surface area contributed by atoms with Crippen molar-refractivity contribution in [2.24, 2.45) is 0 Å². The molecule has 0 saturated heterocycles. The third-order valence-electron chi connectivity index (χ3n) is 4.51. The van der Waals surface area contributed by atoms with Crippen LogP contribution in [0.5, 0.6) is 17.2 Å². The van der Waals surface area contributed by atoms with Crippen molar-refractivity contribution in [3.05, 3.63) is 59.0 Å². The highest BCUT2D eigenvalue weighted by Gasteiger charge is 2.16. The minimum absolute atomic E-state index is 0.199. The quantitative estimate of drug-likeness (QED) is 0.395. The van der Waals surface area contributed by atoms with Gasteiger partial charge in [-0.05, 0) is 49.0 Å². The number of halogens is 1. The van der Waals surface area contributed by atoms with E-state index in [9.17, 15) is 4.79 Å². The number of carbonyl (C=O) groups excluding carboxylic acids is 1. The van der Waals surface area contributed by atoms with Gasteiger partial charge in [-0.2, -0.15) is 0 Å². The summed E-state index contributed by atoms with van der Waals surface area (Å²) in [5.74, 6) is 1.27. The Morgan fingerprint density at radius 3 is 2.16 bits per heavy atom. The molecule has 0 radical (unpaired) electrons. The van der Waals surface area contributed by atoms with E-state index in [1.54, 1.807) is 36.4 Å². The van der Waals surface area contributed by atoms with Crippen LogP contribution in [0.4, 0.5) is 17.1 Å². The number of carbonyl (C=O) groups is 1. The van der Waals surface area contributed by atoms with Crippen molar-refractivity contribution in [1.82, 2.24) is 0 Å². The first-order valence-electron chi connectivity index (χ1n) is 9.39. The Morgan fingerprint density at radius 1 is 0.906 bits per heavy atom. The molecule has 1 heterocycles. The number of ether oxygens (including phenoxy) is 3. The van der Waals surface area contributed by atoms with Crippen molar-refractivity contribution in [3.63, 3.8) is 0 Å². The fraction of sp³-hybridized carbons (Fsp3) is 0.182. The Hall–Kier alpha value is -3.43. The number of furan rings is 1.